The average molecular weight is 359 g/mol. The fraction of sp³-hybridized carbons (Fsp3) is 0.556. The molecular formula is C9H13Br2NO4. The third kappa shape index (κ3) is 3.28. The van der Waals surface area contributed by atoms with Crippen molar-refractivity contribution >= 4 is 31.9 Å². The topological polar surface area (TPSA) is 85.9 Å². The van der Waals surface area contributed by atoms with Gasteiger partial charge in [0, 0.05) is 0 Å². The Balaban J connectivity index is 2.62. The van der Waals surface area contributed by atoms with Crippen LogP contribution in [0.3, 0.4) is 0 Å². The highest BCUT2D eigenvalue weighted by Crippen LogP contribution is 2.26. The maximum atomic E-state index is 9.08. The molecule has 0 atom stereocenters. The summed E-state index contributed by atoms with van der Waals surface area (Å²) in [5.74, 6) is 0.624. The fourth-order valence-corrected chi connectivity index (χ4v) is 1.73. The van der Waals surface area contributed by atoms with Gasteiger partial charge >= 0.3 is 0 Å². The number of rotatable bonds is 6. The van der Waals surface area contributed by atoms with Gasteiger partial charge in [0.1, 0.15) is 5.76 Å². The summed E-state index contributed by atoms with van der Waals surface area (Å²) in [4.78, 5) is 0. The van der Waals surface area contributed by atoms with Gasteiger partial charge in [-0.15, -0.1) is 0 Å². The van der Waals surface area contributed by atoms with Crippen LogP contribution in [0.1, 0.15) is 5.76 Å². The van der Waals surface area contributed by atoms with E-state index in [1.807, 2.05) is 0 Å². The number of hydrogen-bond donors (Lipinski definition) is 4. The molecule has 4 N–H and O–H groups in total. The summed E-state index contributed by atoms with van der Waals surface area (Å²) in [5.41, 5.74) is -1.09. The van der Waals surface area contributed by atoms with Crippen LogP contribution in [-0.2, 0) is 6.54 Å². The van der Waals surface area contributed by atoms with Gasteiger partial charge in [0.05, 0.1) is 36.4 Å². The minimum Gasteiger partial charge on any atom is -0.452 e. The van der Waals surface area contributed by atoms with Crippen LogP contribution in [0.25, 0.3) is 0 Å². The van der Waals surface area contributed by atoms with E-state index in [1.54, 1.807) is 6.07 Å². The van der Waals surface area contributed by atoms with Crippen molar-refractivity contribution < 1.29 is 19.7 Å². The van der Waals surface area contributed by atoms with Crippen molar-refractivity contribution in [3.63, 3.8) is 0 Å². The zero-order valence-electron chi connectivity index (χ0n) is 8.41. The number of nitrogens with one attached hydrogen (secondary N) is 1. The standard InChI is InChI=1S/C9H13Br2NO4/c10-7-1-6(16-8(7)11)2-12-9(3-13,4-14)5-15/h1,12-15H,2-5H2. The third-order valence-corrected chi connectivity index (χ3v) is 3.95. The van der Waals surface area contributed by atoms with Crippen LogP contribution < -0.4 is 5.32 Å². The van der Waals surface area contributed by atoms with Crippen LogP contribution in [-0.4, -0.2) is 40.7 Å². The Bertz CT molecular complexity index is 310. The number of aliphatic hydroxyl groups is 3. The van der Waals surface area contributed by atoms with E-state index in [0.717, 1.165) is 4.47 Å². The van der Waals surface area contributed by atoms with Crippen LogP contribution in [0.5, 0.6) is 0 Å². The lowest BCUT2D eigenvalue weighted by Crippen LogP contribution is -2.54. The van der Waals surface area contributed by atoms with E-state index in [9.17, 15) is 0 Å². The normalized spacial score (nSPS) is 12.1. The Morgan fingerprint density at radius 2 is 1.75 bits per heavy atom. The Kier molecular flexibility index (Phi) is 5.42. The molecule has 0 amide bonds. The number of aliphatic hydroxyl groups excluding tert-OH is 3. The van der Waals surface area contributed by atoms with Gasteiger partial charge in [-0.25, -0.2) is 0 Å². The summed E-state index contributed by atoms with van der Waals surface area (Å²) in [7, 11) is 0. The van der Waals surface area contributed by atoms with Gasteiger partial charge in [0.15, 0.2) is 4.67 Å². The quantitative estimate of drug-likeness (QED) is 0.598. The van der Waals surface area contributed by atoms with E-state index in [4.69, 9.17) is 19.7 Å². The Labute approximate surface area is 110 Å². The summed E-state index contributed by atoms with van der Waals surface area (Å²) in [6.07, 6.45) is 0. The smallest absolute Gasteiger partial charge is 0.183 e. The number of hydrogen-bond acceptors (Lipinski definition) is 5. The van der Waals surface area contributed by atoms with Gasteiger partial charge in [0.2, 0.25) is 0 Å². The first kappa shape index (κ1) is 14.1. The van der Waals surface area contributed by atoms with Crippen LogP contribution in [0.15, 0.2) is 19.6 Å². The van der Waals surface area contributed by atoms with E-state index in [1.165, 1.54) is 0 Å². The second-order valence-electron chi connectivity index (χ2n) is 3.44. The maximum Gasteiger partial charge on any atom is 0.183 e. The molecule has 0 aliphatic carbocycles. The minimum atomic E-state index is -1.09. The van der Waals surface area contributed by atoms with Gasteiger partial charge in [0.25, 0.3) is 0 Å². The molecule has 0 spiro atoms. The molecular weight excluding hydrogens is 346 g/mol. The Morgan fingerprint density at radius 1 is 1.19 bits per heavy atom. The molecule has 16 heavy (non-hydrogen) atoms. The number of furan rings is 1. The molecule has 0 unspecified atom stereocenters. The third-order valence-electron chi connectivity index (χ3n) is 2.24. The molecule has 0 aromatic carbocycles. The largest absolute Gasteiger partial charge is 0.452 e. The van der Waals surface area contributed by atoms with Gasteiger partial charge in [-0.2, -0.15) is 0 Å². The lowest BCUT2D eigenvalue weighted by Gasteiger charge is -2.28. The van der Waals surface area contributed by atoms with Gasteiger partial charge in [-0.1, -0.05) is 0 Å². The predicted molar refractivity (Wildman–Crippen MR) is 64.9 cm³/mol. The molecule has 5 nitrogen and oxygen atoms in total. The summed E-state index contributed by atoms with van der Waals surface area (Å²) in [6, 6.07) is 1.76. The number of halogens is 2. The van der Waals surface area contributed by atoms with Crippen LogP contribution in [0.4, 0.5) is 0 Å². The van der Waals surface area contributed by atoms with Crippen molar-refractivity contribution in [2.45, 2.75) is 12.1 Å². The fourth-order valence-electron chi connectivity index (χ4n) is 1.07. The molecule has 0 saturated carbocycles. The molecule has 0 aliphatic heterocycles. The summed E-state index contributed by atoms with van der Waals surface area (Å²) < 4.78 is 6.67. The second kappa shape index (κ2) is 6.13. The first-order valence-corrected chi connectivity index (χ1v) is 6.17. The van der Waals surface area contributed by atoms with Gasteiger partial charge in [-0.05, 0) is 37.9 Å². The van der Waals surface area contributed by atoms with E-state index >= 15 is 0 Å². The zero-order chi connectivity index (χ0) is 12.2. The first-order chi connectivity index (χ1) is 7.56. The lowest BCUT2D eigenvalue weighted by atomic mass is 10.0. The zero-order valence-corrected chi connectivity index (χ0v) is 11.6. The molecule has 1 aromatic rings. The molecule has 0 bridgehead atoms. The van der Waals surface area contributed by atoms with Crippen molar-refractivity contribution in [2.75, 3.05) is 19.8 Å². The van der Waals surface area contributed by atoms with Crippen molar-refractivity contribution in [1.82, 2.24) is 5.32 Å². The van der Waals surface area contributed by atoms with E-state index in [0.29, 0.717) is 17.0 Å². The van der Waals surface area contributed by atoms with E-state index in [2.05, 4.69) is 37.2 Å². The molecule has 0 fully saturated rings. The summed E-state index contributed by atoms with van der Waals surface area (Å²) in [5, 5.41) is 30.1. The second-order valence-corrected chi connectivity index (χ2v) is 5.02. The highest BCUT2D eigenvalue weighted by molar-refractivity contribution is 9.13. The van der Waals surface area contributed by atoms with Crippen LogP contribution in [0, 0.1) is 0 Å². The molecule has 1 heterocycles. The molecule has 0 aliphatic rings. The van der Waals surface area contributed by atoms with Crippen LogP contribution >= 0.6 is 31.9 Å². The van der Waals surface area contributed by atoms with Crippen LogP contribution in [0.2, 0.25) is 0 Å². The molecule has 0 saturated heterocycles. The minimum absolute atomic E-state index is 0.297. The van der Waals surface area contributed by atoms with Gasteiger partial charge in [-0.3, -0.25) is 5.32 Å². The Hall–Kier alpha value is 0.0800. The highest BCUT2D eigenvalue weighted by Gasteiger charge is 2.27. The van der Waals surface area contributed by atoms with Gasteiger partial charge < -0.3 is 19.7 Å². The maximum absolute atomic E-state index is 9.08. The van der Waals surface area contributed by atoms with Crippen molar-refractivity contribution in [1.29, 1.82) is 0 Å². The SMILES string of the molecule is OCC(CO)(CO)NCc1cc(Br)c(Br)o1. The summed E-state index contributed by atoms with van der Waals surface area (Å²) >= 11 is 6.47. The molecule has 1 aromatic heterocycles. The average Bonchev–Trinajstić information content (AvgIpc) is 2.61. The van der Waals surface area contributed by atoms with Crippen molar-refractivity contribution in [3.05, 3.63) is 21.0 Å². The summed E-state index contributed by atoms with van der Waals surface area (Å²) in [6.45, 7) is -0.777. The first-order valence-electron chi connectivity index (χ1n) is 4.58. The predicted octanol–water partition coefficient (Wildman–Crippen LogP) is 0.610. The molecule has 1 rings (SSSR count). The van der Waals surface area contributed by atoms with E-state index < -0.39 is 5.54 Å². The van der Waals surface area contributed by atoms with Crippen molar-refractivity contribution in [2.24, 2.45) is 0 Å². The highest BCUT2D eigenvalue weighted by atomic mass is 79.9. The lowest BCUT2D eigenvalue weighted by molar-refractivity contribution is 0.0401. The molecule has 0 radical (unpaired) electrons. The van der Waals surface area contributed by atoms with Crippen molar-refractivity contribution in [3.8, 4) is 0 Å². The molecule has 7 heteroatoms. The monoisotopic (exact) mass is 357 g/mol. The van der Waals surface area contributed by atoms with E-state index in [-0.39, 0.29) is 19.8 Å². The molecule has 92 valence electrons. The Morgan fingerprint density at radius 3 is 2.12 bits per heavy atom.